The molecule has 0 saturated carbocycles. The first kappa shape index (κ1) is 13.1. The summed E-state index contributed by atoms with van der Waals surface area (Å²) in [7, 11) is 0. The Hall–Kier alpha value is -1.93. The molecule has 0 radical (unpaired) electrons. The minimum Gasteiger partial charge on any atom is -0.384 e. The number of nitrogens with zero attached hydrogens (tertiary/aromatic N) is 1. The third-order valence-corrected chi connectivity index (χ3v) is 1.96. The first-order valence-electron chi connectivity index (χ1n) is 5.17. The van der Waals surface area contributed by atoms with E-state index < -0.39 is 6.67 Å². The number of aliphatic hydroxyl groups excluding tert-OH is 1. The predicted octanol–water partition coefficient (Wildman–Crippen LogP) is 0.515. The average molecular weight is 236 g/mol. The summed E-state index contributed by atoms with van der Waals surface area (Å²) in [6, 6.07) is 1.53. The molecular weight excluding hydrogens is 223 g/mol. The van der Waals surface area contributed by atoms with Crippen LogP contribution in [0.15, 0.2) is 18.5 Å². The molecule has 1 heterocycles. The molecule has 90 valence electrons. The Bertz CT molecular complexity index is 438. The van der Waals surface area contributed by atoms with E-state index in [1.54, 1.807) is 0 Å². The van der Waals surface area contributed by atoms with Gasteiger partial charge in [-0.3, -0.25) is 14.2 Å². The van der Waals surface area contributed by atoms with E-state index in [9.17, 15) is 9.18 Å². The van der Waals surface area contributed by atoms with Crippen LogP contribution in [0, 0.1) is 11.8 Å². The summed E-state index contributed by atoms with van der Waals surface area (Å²) < 4.78 is 11.9. The van der Waals surface area contributed by atoms with Crippen molar-refractivity contribution in [3.8, 4) is 11.8 Å². The molecule has 0 aliphatic rings. The number of alkyl halides is 1. The molecule has 1 aromatic heterocycles. The quantitative estimate of drug-likeness (QED) is 0.591. The lowest BCUT2D eigenvalue weighted by molar-refractivity contribution is 0.0952. The second-order valence-corrected chi connectivity index (χ2v) is 3.18. The molecule has 0 atom stereocenters. The van der Waals surface area contributed by atoms with Crippen molar-refractivity contribution in [1.29, 1.82) is 0 Å². The minimum absolute atomic E-state index is 0.280. The van der Waals surface area contributed by atoms with Crippen LogP contribution in [0.25, 0.3) is 0 Å². The fourth-order valence-corrected chi connectivity index (χ4v) is 1.19. The molecule has 0 fully saturated rings. The van der Waals surface area contributed by atoms with Crippen molar-refractivity contribution in [3.63, 3.8) is 0 Å². The van der Waals surface area contributed by atoms with Gasteiger partial charge >= 0.3 is 0 Å². The molecule has 4 nitrogen and oxygen atoms in total. The fourth-order valence-electron chi connectivity index (χ4n) is 1.19. The molecule has 1 rings (SSSR count). The molecule has 0 aliphatic heterocycles. The van der Waals surface area contributed by atoms with Crippen LogP contribution in [0.1, 0.15) is 22.3 Å². The van der Waals surface area contributed by atoms with Crippen molar-refractivity contribution in [2.75, 3.05) is 19.8 Å². The lowest BCUT2D eigenvalue weighted by Crippen LogP contribution is -2.25. The van der Waals surface area contributed by atoms with Crippen molar-refractivity contribution in [2.45, 2.75) is 6.42 Å². The number of nitrogens with one attached hydrogen (secondary N) is 1. The standard InChI is InChI=1S/C12H13FN2O2/c13-5-2-6-15-12(17)11-4-7-14-9-10(11)3-1-8-16/h4,7,9,16H,2,5-6,8H2,(H,15,17). The van der Waals surface area contributed by atoms with Crippen LogP contribution in [0.2, 0.25) is 0 Å². The van der Waals surface area contributed by atoms with Gasteiger partial charge in [0.2, 0.25) is 0 Å². The van der Waals surface area contributed by atoms with Crippen molar-refractivity contribution in [3.05, 3.63) is 29.6 Å². The average Bonchev–Trinajstić information content (AvgIpc) is 2.37. The van der Waals surface area contributed by atoms with E-state index in [4.69, 9.17) is 5.11 Å². The molecule has 5 heteroatoms. The largest absolute Gasteiger partial charge is 0.384 e. The number of aliphatic hydroxyl groups is 1. The number of rotatable bonds is 4. The zero-order chi connectivity index (χ0) is 12.5. The molecule has 0 spiro atoms. The number of hydrogen-bond acceptors (Lipinski definition) is 3. The van der Waals surface area contributed by atoms with E-state index in [1.807, 2.05) is 0 Å². The summed E-state index contributed by atoms with van der Waals surface area (Å²) in [5.74, 6) is 4.77. The van der Waals surface area contributed by atoms with Gasteiger partial charge in [0.15, 0.2) is 0 Å². The van der Waals surface area contributed by atoms with Crippen molar-refractivity contribution in [1.82, 2.24) is 10.3 Å². The first-order chi connectivity index (χ1) is 8.29. The minimum atomic E-state index is -0.464. The van der Waals surface area contributed by atoms with Gasteiger partial charge in [-0.05, 0) is 12.5 Å². The molecule has 0 unspecified atom stereocenters. The summed E-state index contributed by atoms with van der Waals surface area (Å²) in [6.45, 7) is -0.462. The van der Waals surface area contributed by atoms with E-state index in [-0.39, 0.29) is 25.5 Å². The van der Waals surface area contributed by atoms with Gasteiger partial charge < -0.3 is 10.4 Å². The number of carbonyl (C=O) groups is 1. The van der Waals surface area contributed by atoms with Crippen LogP contribution in [0.4, 0.5) is 4.39 Å². The number of hydrogen-bond donors (Lipinski definition) is 2. The Morgan fingerprint density at radius 3 is 3.12 bits per heavy atom. The van der Waals surface area contributed by atoms with Gasteiger partial charge in [0, 0.05) is 18.9 Å². The highest BCUT2D eigenvalue weighted by atomic mass is 19.1. The molecule has 2 N–H and O–H groups in total. The van der Waals surface area contributed by atoms with Gasteiger partial charge in [-0.1, -0.05) is 11.8 Å². The normalized spacial score (nSPS) is 9.29. The summed E-state index contributed by atoms with van der Waals surface area (Å²) in [6.07, 6.45) is 3.22. The molecule has 0 aromatic carbocycles. The van der Waals surface area contributed by atoms with Crippen LogP contribution in [0.3, 0.4) is 0 Å². The van der Waals surface area contributed by atoms with Gasteiger partial charge in [-0.15, -0.1) is 0 Å². The molecule has 0 saturated heterocycles. The van der Waals surface area contributed by atoms with Gasteiger partial charge in [0.1, 0.15) is 6.61 Å². The van der Waals surface area contributed by atoms with Gasteiger partial charge in [-0.2, -0.15) is 0 Å². The number of amides is 1. The second kappa shape index (κ2) is 7.36. The third kappa shape index (κ3) is 4.21. The summed E-state index contributed by atoms with van der Waals surface area (Å²) >= 11 is 0. The van der Waals surface area contributed by atoms with E-state index in [1.165, 1.54) is 18.5 Å². The molecule has 0 bridgehead atoms. The topological polar surface area (TPSA) is 62.2 Å². The second-order valence-electron chi connectivity index (χ2n) is 3.18. The van der Waals surface area contributed by atoms with E-state index in [0.717, 1.165) is 0 Å². The van der Waals surface area contributed by atoms with Crippen LogP contribution in [-0.2, 0) is 0 Å². The van der Waals surface area contributed by atoms with Crippen molar-refractivity contribution < 1.29 is 14.3 Å². The molecule has 0 aliphatic carbocycles. The van der Waals surface area contributed by atoms with E-state index >= 15 is 0 Å². The smallest absolute Gasteiger partial charge is 0.252 e. The fraction of sp³-hybridized carbons (Fsp3) is 0.333. The summed E-state index contributed by atoms with van der Waals surface area (Å²) in [5, 5.41) is 11.2. The zero-order valence-electron chi connectivity index (χ0n) is 9.24. The Kier molecular flexibility index (Phi) is 5.69. The molecule has 1 amide bonds. The van der Waals surface area contributed by atoms with Crippen LogP contribution < -0.4 is 5.32 Å². The maximum atomic E-state index is 11.9. The monoisotopic (exact) mass is 236 g/mol. The Labute approximate surface area is 98.9 Å². The highest BCUT2D eigenvalue weighted by molar-refractivity contribution is 5.96. The Balaban J connectivity index is 2.78. The maximum Gasteiger partial charge on any atom is 0.252 e. The number of carbonyl (C=O) groups excluding carboxylic acids is 1. The summed E-state index contributed by atoms with van der Waals surface area (Å²) in [5.41, 5.74) is 0.819. The lowest BCUT2D eigenvalue weighted by Gasteiger charge is -2.05. The number of halogens is 1. The summed E-state index contributed by atoms with van der Waals surface area (Å²) in [4.78, 5) is 15.6. The van der Waals surface area contributed by atoms with Crippen molar-refractivity contribution >= 4 is 5.91 Å². The lowest BCUT2D eigenvalue weighted by atomic mass is 10.1. The van der Waals surface area contributed by atoms with Gasteiger partial charge in [-0.25, -0.2) is 0 Å². The number of aromatic nitrogens is 1. The number of pyridine rings is 1. The van der Waals surface area contributed by atoms with Gasteiger partial charge in [0.05, 0.1) is 17.8 Å². The first-order valence-corrected chi connectivity index (χ1v) is 5.17. The van der Waals surface area contributed by atoms with Gasteiger partial charge in [0.25, 0.3) is 5.91 Å². The van der Waals surface area contributed by atoms with E-state index in [2.05, 4.69) is 22.1 Å². The van der Waals surface area contributed by atoms with Crippen LogP contribution in [-0.4, -0.2) is 35.8 Å². The zero-order valence-corrected chi connectivity index (χ0v) is 9.24. The van der Waals surface area contributed by atoms with Crippen LogP contribution >= 0.6 is 0 Å². The maximum absolute atomic E-state index is 11.9. The Morgan fingerprint density at radius 1 is 1.59 bits per heavy atom. The molecule has 17 heavy (non-hydrogen) atoms. The highest BCUT2D eigenvalue weighted by Crippen LogP contribution is 2.05. The highest BCUT2D eigenvalue weighted by Gasteiger charge is 2.08. The van der Waals surface area contributed by atoms with Crippen molar-refractivity contribution in [2.24, 2.45) is 0 Å². The molecular formula is C12H13FN2O2. The molecule has 1 aromatic rings. The Morgan fingerprint density at radius 2 is 2.41 bits per heavy atom. The SMILES string of the molecule is O=C(NCCCF)c1ccncc1C#CCO. The van der Waals surface area contributed by atoms with E-state index in [0.29, 0.717) is 11.1 Å². The predicted molar refractivity (Wildman–Crippen MR) is 61.1 cm³/mol. The van der Waals surface area contributed by atoms with Crippen LogP contribution in [0.5, 0.6) is 0 Å². The third-order valence-electron chi connectivity index (χ3n) is 1.96.